The number of nitrogens with zero attached hydrogens (tertiary/aromatic N) is 5. The average Bonchev–Trinajstić information content (AvgIpc) is 3.07. The lowest BCUT2D eigenvalue weighted by atomic mass is 10.0. The minimum Gasteiger partial charge on any atom is -0.392 e. The Hall–Kier alpha value is -0.430. The molecule has 0 aliphatic carbocycles. The number of likely N-dealkylation sites (tertiary alicyclic amines) is 4. The van der Waals surface area contributed by atoms with Gasteiger partial charge in [0.25, 0.3) is 0 Å². The van der Waals surface area contributed by atoms with Crippen molar-refractivity contribution in [1.29, 1.82) is 0 Å². The third-order valence-electron chi connectivity index (χ3n) is 11.8. The minimum atomic E-state index is -0.664. The van der Waals surface area contributed by atoms with Gasteiger partial charge in [-0.05, 0) is 128 Å². The Bertz CT molecular complexity index is 902. The van der Waals surface area contributed by atoms with Crippen LogP contribution in [0.25, 0.3) is 0 Å². The van der Waals surface area contributed by atoms with Crippen molar-refractivity contribution in [2.24, 2.45) is 0 Å². The number of rotatable bonds is 12. The molecule has 4 fully saturated rings. The van der Waals surface area contributed by atoms with E-state index in [1.165, 1.54) is 51.9 Å². The standard InChI is InChI=1S/C12H26N2.C11H23FN2.C11H24N2O.C11H24N2/c1-10(2)13(5)12-7-6-8-14(9-12)11(3)4;1-8(2)13-11-5-10(12)6-14(7-11)9(3)4;1-8(2)12-10-5-11(14)7-13(6-10)9(3)4;1-9(2)12-11-6-5-7-13(8-11)10(3)4/h10-12H,6-9H2,1-5H3;8-11,13H,5-7H2,1-4H3;8-12,14H,5-7H2,1-4H3;9-12H,5-8H2,1-4H3. The maximum absolute atomic E-state index is 13.4. The molecular weight excluding hydrogens is 688 g/mol. The number of β-amino-alcohol motifs (C(OH)–C–C–N with tert-alkyl or cyclic N) is 1. The molecule has 0 aromatic carbocycles. The predicted molar refractivity (Wildman–Crippen MR) is 238 cm³/mol. The summed E-state index contributed by atoms with van der Waals surface area (Å²) in [5, 5.41) is 20.3. The minimum absolute atomic E-state index is 0.164. The second-order valence-corrected chi connectivity index (χ2v) is 19.7. The summed E-state index contributed by atoms with van der Waals surface area (Å²) in [6.45, 7) is 43.9. The molecule has 4 aliphatic heterocycles. The van der Waals surface area contributed by atoms with Gasteiger partial charge >= 0.3 is 0 Å². The number of hydrogen-bond acceptors (Lipinski definition) is 9. The number of likely N-dealkylation sites (N-methyl/N-ethyl adjacent to an activating group) is 1. The van der Waals surface area contributed by atoms with Crippen molar-refractivity contribution in [3.8, 4) is 0 Å². The molecule has 0 spiro atoms. The van der Waals surface area contributed by atoms with E-state index in [4.69, 9.17) is 0 Å². The van der Waals surface area contributed by atoms with Gasteiger partial charge in [-0.3, -0.25) is 24.5 Å². The molecule has 6 atom stereocenters. The van der Waals surface area contributed by atoms with Gasteiger partial charge in [-0.25, -0.2) is 4.39 Å². The van der Waals surface area contributed by atoms with Gasteiger partial charge in [-0.2, -0.15) is 0 Å². The molecule has 330 valence electrons. The van der Waals surface area contributed by atoms with Gasteiger partial charge in [-0.1, -0.05) is 41.5 Å². The average molecular weight is 785 g/mol. The van der Waals surface area contributed by atoms with Crippen molar-refractivity contribution in [2.45, 2.75) is 234 Å². The molecule has 9 nitrogen and oxygen atoms in total. The quantitative estimate of drug-likeness (QED) is 0.174. The van der Waals surface area contributed by atoms with E-state index >= 15 is 0 Å². The van der Waals surface area contributed by atoms with Crippen LogP contribution in [0.5, 0.6) is 0 Å². The van der Waals surface area contributed by atoms with Gasteiger partial charge in [0, 0.05) is 112 Å². The number of piperidine rings is 4. The first-order valence-corrected chi connectivity index (χ1v) is 22.9. The molecule has 0 saturated carbocycles. The van der Waals surface area contributed by atoms with Crippen LogP contribution in [0.2, 0.25) is 0 Å². The van der Waals surface area contributed by atoms with Crippen LogP contribution in [-0.2, 0) is 0 Å². The van der Waals surface area contributed by atoms with Crippen molar-refractivity contribution < 1.29 is 9.50 Å². The van der Waals surface area contributed by atoms with Crippen LogP contribution in [0, 0.1) is 0 Å². The first-order chi connectivity index (χ1) is 25.6. The number of halogens is 1. The molecular formula is C45H97FN8O. The Kier molecular flexibility index (Phi) is 26.2. The monoisotopic (exact) mass is 785 g/mol. The summed E-state index contributed by atoms with van der Waals surface area (Å²) in [4.78, 5) is 12.3. The summed E-state index contributed by atoms with van der Waals surface area (Å²) in [7, 11) is 2.26. The van der Waals surface area contributed by atoms with Gasteiger partial charge in [0.2, 0.25) is 0 Å². The lowest BCUT2D eigenvalue weighted by Crippen LogP contribution is -2.54. The summed E-state index contributed by atoms with van der Waals surface area (Å²) < 4.78 is 13.4. The molecule has 0 aromatic rings. The lowest BCUT2D eigenvalue weighted by molar-refractivity contribution is 0.0350. The van der Waals surface area contributed by atoms with E-state index in [9.17, 15) is 9.50 Å². The van der Waals surface area contributed by atoms with Crippen LogP contribution >= 0.6 is 0 Å². The molecule has 4 saturated heterocycles. The van der Waals surface area contributed by atoms with E-state index in [-0.39, 0.29) is 6.10 Å². The summed E-state index contributed by atoms with van der Waals surface area (Å²) >= 11 is 0. The van der Waals surface area contributed by atoms with E-state index in [1.54, 1.807) is 0 Å². The highest BCUT2D eigenvalue weighted by atomic mass is 19.1. The fourth-order valence-corrected chi connectivity index (χ4v) is 8.49. The molecule has 0 radical (unpaired) electrons. The van der Waals surface area contributed by atoms with Crippen LogP contribution in [0.15, 0.2) is 0 Å². The Morgan fingerprint density at radius 3 is 1.36 bits per heavy atom. The van der Waals surface area contributed by atoms with E-state index < -0.39 is 6.17 Å². The van der Waals surface area contributed by atoms with Crippen LogP contribution in [0.4, 0.5) is 4.39 Å². The van der Waals surface area contributed by atoms with Gasteiger partial charge in [0.05, 0.1) is 6.10 Å². The van der Waals surface area contributed by atoms with Gasteiger partial charge in [0.15, 0.2) is 0 Å². The number of aliphatic hydroxyl groups excluding tert-OH is 1. The zero-order valence-corrected chi connectivity index (χ0v) is 39.5. The van der Waals surface area contributed by atoms with Gasteiger partial charge in [0.1, 0.15) is 6.17 Å². The summed E-state index contributed by atoms with van der Waals surface area (Å²) in [5.41, 5.74) is 0. The Morgan fingerprint density at radius 1 is 0.509 bits per heavy atom. The molecule has 0 aromatic heterocycles. The van der Waals surface area contributed by atoms with E-state index in [2.05, 4.69) is 158 Å². The normalized spacial score (nSPS) is 27.9. The molecule has 55 heavy (non-hydrogen) atoms. The first kappa shape index (κ1) is 52.6. The second-order valence-electron chi connectivity index (χ2n) is 19.7. The van der Waals surface area contributed by atoms with E-state index in [0.29, 0.717) is 73.4 Å². The first-order valence-electron chi connectivity index (χ1n) is 22.9. The fourth-order valence-electron chi connectivity index (χ4n) is 8.49. The fraction of sp³-hybridized carbons (Fsp3) is 1.00. The van der Waals surface area contributed by atoms with Crippen molar-refractivity contribution in [1.82, 2.24) is 40.4 Å². The molecule has 6 unspecified atom stereocenters. The van der Waals surface area contributed by atoms with Crippen LogP contribution in [0.1, 0.15) is 149 Å². The van der Waals surface area contributed by atoms with Crippen molar-refractivity contribution >= 4 is 0 Å². The van der Waals surface area contributed by atoms with Gasteiger partial charge < -0.3 is 21.1 Å². The van der Waals surface area contributed by atoms with Crippen LogP contribution < -0.4 is 16.0 Å². The summed E-state index contributed by atoms with van der Waals surface area (Å²) in [5.74, 6) is 0. The van der Waals surface area contributed by atoms with Crippen molar-refractivity contribution in [3.63, 3.8) is 0 Å². The zero-order chi connectivity index (χ0) is 42.0. The highest BCUT2D eigenvalue weighted by Gasteiger charge is 2.29. The Labute approximate surface area is 342 Å². The highest BCUT2D eigenvalue weighted by molar-refractivity contribution is 4.87. The molecule has 10 heteroatoms. The predicted octanol–water partition coefficient (Wildman–Crippen LogP) is 6.69. The second kappa shape index (κ2) is 27.4. The third-order valence-corrected chi connectivity index (χ3v) is 11.8. The lowest BCUT2D eigenvalue weighted by Gasteiger charge is -2.41. The molecule has 4 heterocycles. The molecule has 0 amide bonds. The zero-order valence-electron chi connectivity index (χ0n) is 39.5. The molecule has 0 bridgehead atoms. The number of hydrogen-bond donors (Lipinski definition) is 4. The van der Waals surface area contributed by atoms with E-state index in [0.717, 1.165) is 38.1 Å². The Balaban J connectivity index is 0.000000367. The topological polar surface area (TPSA) is 72.5 Å². The summed E-state index contributed by atoms with van der Waals surface area (Å²) in [6, 6.07) is 6.88. The maximum atomic E-state index is 13.4. The van der Waals surface area contributed by atoms with Crippen LogP contribution in [-0.4, -0.2) is 174 Å². The largest absolute Gasteiger partial charge is 0.392 e. The molecule has 4 N–H and O–H groups in total. The number of aliphatic hydroxyl groups is 1. The van der Waals surface area contributed by atoms with Gasteiger partial charge in [-0.15, -0.1) is 0 Å². The number of nitrogens with one attached hydrogen (secondary N) is 3. The third kappa shape index (κ3) is 22.5. The van der Waals surface area contributed by atoms with E-state index in [1.807, 2.05) is 0 Å². The maximum Gasteiger partial charge on any atom is 0.114 e. The Morgan fingerprint density at radius 2 is 0.909 bits per heavy atom. The van der Waals surface area contributed by atoms with Crippen molar-refractivity contribution in [3.05, 3.63) is 0 Å². The van der Waals surface area contributed by atoms with Crippen molar-refractivity contribution in [2.75, 3.05) is 59.4 Å². The highest BCUT2D eigenvalue weighted by Crippen LogP contribution is 2.19. The van der Waals surface area contributed by atoms with Crippen LogP contribution in [0.3, 0.4) is 0 Å². The smallest absolute Gasteiger partial charge is 0.114 e. The number of alkyl halides is 1. The molecule has 4 aliphatic rings. The molecule has 4 rings (SSSR count). The SMILES string of the molecule is CC(C)N1CCCC(N(C)C(C)C)C1.CC(C)NC1CC(F)CN(C(C)C)C1.CC(C)NC1CC(O)CN(C(C)C)C1.CC(C)NC1CCCN(C(C)C)C1. The summed E-state index contributed by atoms with van der Waals surface area (Å²) in [6.07, 6.45) is 6.16.